The molecule has 0 amide bonds. The highest BCUT2D eigenvalue weighted by atomic mass is 15.3. The van der Waals surface area contributed by atoms with Crippen LogP contribution in [-0.4, -0.2) is 61.5 Å². The van der Waals surface area contributed by atoms with Crippen LogP contribution in [0.1, 0.15) is 47.1 Å². The quantitative estimate of drug-likeness (QED) is 0.543. The average molecular weight is 453 g/mol. The molecule has 0 radical (unpaired) electrons. The van der Waals surface area contributed by atoms with Gasteiger partial charge in [0.05, 0.1) is 0 Å². The first kappa shape index (κ1) is 22.8. The van der Waals surface area contributed by atoms with Crippen LogP contribution in [0, 0.1) is 0 Å². The number of aliphatic imine (C=N–C) groups is 2. The number of fused-ring (bicyclic) bond motifs is 1. The first-order chi connectivity index (χ1) is 16.7. The molecule has 4 heteroatoms. The van der Waals surface area contributed by atoms with E-state index in [4.69, 9.17) is 0 Å². The molecule has 0 saturated carbocycles. The van der Waals surface area contributed by atoms with Gasteiger partial charge in [0.25, 0.3) is 0 Å². The van der Waals surface area contributed by atoms with Gasteiger partial charge in [0.2, 0.25) is 0 Å². The standard InChI is InChI=1S/C30H36N4/c1-23(28-8-3-4-9-29(28)30(31-2)21-24-12-14-32-15-13-24)34-18-16-33(17-19-34)22-25-10-11-26-6-5-7-27(26)20-25/h3-4,8-12,14,20H,1,5-7,13,15-19,21-22H2,2H3/b31-30-. The lowest BCUT2D eigenvalue weighted by molar-refractivity contribution is 0.169. The molecule has 5 rings (SSSR count). The highest BCUT2D eigenvalue weighted by Gasteiger charge is 2.22. The molecule has 0 unspecified atom stereocenters. The van der Waals surface area contributed by atoms with Crippen LogP contribution in [0.3, 0.4) is 0 Å². The Labute approximate surface area is 204 Å². The topological polar surface area (TPSA) is 31.2 Å². The molecule has 4 nitrogen and oxygen atoms in total. The summed E-state index contributed by atoms with van der Waals surface area (Å²) in [7, 11) is 1.91. The van der Waals surface area contributed by atoms with Gasteiger partial charge in [-0.1, -0.05) is 54.6 Å². The predicted octanol–water partition coefficient (Wildman–Crippen LogP) is 5.17. The first-order valence-electron chi connectivity index (χ1n) is 12.7. The fourth-order valence-electron chi connectivity index (χ4n) is 5.50. The summed E-state index contributed by atoms with van der Waals surface area (Å²) in [5, 5.41) is 0. The van der Waals surface area contributed by atoms with Crippen LogP contribution in [0.4, 0.5) is 0 Å². The first-order valence-corrected chi connectivity index (χ1v) is 12.7. The van der Waals surface area contributed by atoms with E-state index in [0.29, 0.717) is 0 Å². The Bertz CT molecular complexity index is 1130. The minimum atomic E-state index is 0.876. The third-order valence-electron chi connectivity index (χ3n) is 7.51. The summed E-state index contributed by atoms with van der Waals surface area (Å²) in [6, 6.07) is 15.8. The maximum atomic E-state index is 4.69. The van der Waals surface area contributed by atoms with E-state index in [2.05, 4.69) is 74.9 Å². The van der Waals surface area contributed by atoms with Gasteiger partial charge in [0.1, 0.15) is 0 Å². The summed E-state index contributed by atoms with van der Waals surface area (Å²) in [6.07, 6.45) is 9.80. The Balaban J connectivity index is 1.23. The normalized spacial score (nSPS) is 18.7. The van der Waals surface area contributed by atoms with E-state index in [-0.39, 0.29) is 0 Å². The van der Waals surface area contributed by atoms with Gasteiger partial charge >= 0.3 is 0 Å². The number of hydrogen-bond donors (Lipinski definition) is 0. The van der Waals surface area contributed by atoms with Crippen molar-refractivity contribution in [3.63, 3.8) is 0 Å². The lowest BCUT2D eigenvalue weighted by atomic mass is 9.94. The maximum absolute atomic E-state index is 4.69. The fraction of sp³-hybridized carbons (Fsp3) is 0.400. The molecule has 0 N–H and O–H groups in total. The second-order valence-corrected chi connectivity index (χ2v) is 9.69. The summed E-state index contributed by atoms with van der Waals surface area (Å²) < 4.78 is 0. The van der Waals surface area contributed by atoms with Crippen molar-refractivity contribution in [2.24, 2.45) is 9.98 Å². The van der Waals surface area contributed by atoms with Gasteiger partial charge < -0.3 is 4.90 Å². The number of piperazine rings is 1. The number of rotatable bonds is 7. The van der Waals surface area contributed by atoms with Gasteiger partial charge in [-0.15, -0.1) is 0 Å². The molecule has 2 aromatic rings. The fourth-order valence-corrected chi connectivity index (χ4v) is 5.50. The summed E-state index contributed by atoms with van der Waals surface area (Å²) >= 11 is 0. The van der Waals surface area contributed by atoms with Crippen LogP contribution in [0.5, 0.6) is 0 Å². The van der Waals surface area contributed by atoms with Crippen LogP contribution in [0.25, 0.3) is 5.70 Å². The molecule has 1 saturated heterocycles. The third-order valence-corrected chi connectivity index (χ3v) is 7.51. The van der Waals surface area contributed by atoms with Crippen LogP contribution in [0.15, 0.2) is 70.7 Å². The molecule has 2 aromatic carbocycles. The molecule has 3 aliphatic rings. The monoisotopic (exact) mass is 452 g/mol. The van der Waals surface area contributed by atoms with Crippen molar-refractivity contribution in [1.29, 1.82) is 0 Å². The Hall–Kier alpha value is -2.98. The van der Waals surface area contributed by atoms with E-state index in [1.807, 2.05) is 13.3 Å². The minimum absolute atomic E-state index is 0.876. The summed E-state index contributed by atoms with van der Waals surface area (Å²) in [5.74, 6) is 0. The number of benzene rings is 2. The molecule has 0 spiro atoms. The summed E-state index contributed by atoms with van der Waals surface area (Å²) in [4.78, 5) is 14.1. The van der Waals surface area contributed by atoms with Crippen molar-refractivity contribution in [1.82, 2.24) is 9.80 Å². The van der Waals surface area contributed by atoms with E-state index in [1.165, 1.54) is 41.5 Å². The molecular weight excluding hydrogens is 416 g/mol. The number of hydrogen-bond acceptors (Lipinski definition) is 4. The van der Waals surface area contributed by atoms with Gasteiger partial charge in [-0.05, 0) is 48.4 Å². The molecule has 34 heavy (non-hydrogen) atoms. The van der Waals surface area contributed by atoms with Gasteiger partial charge in [-0.2, -0.15) is 0 Å². The Morgan fingerprint density at radius 2 is 1.76 bits per heavy atom. The van der Waals surface area contributed by atoms with Gasteiger partial charge in [-0.25, -0.2) is 0 Å². The Kier molecular flexibility index (Phi) is 7.05. The van der Waals surface area contributed by atoms with Crippen molar-refractivity contribution in [3.05, 3.63) is 88.5 Å². The molecule has 0 aromatic heterocycles. The van der Waals surface area contributed by atoms with Crippen LogP contribution in [-0.2, 0) is 19.4 Å². The zero-order chi connectivity index (χ0) is 23.3. The van der Waals surface area contributed by atoms with E-state index in [0.717, 1.165) is 63.5 Å². The van der Waals surface area contributed by atoms with Crippen molar-refractivity contribution in [3.8, 4) is 0 Å². The number of aryl methyl sites for hydroxylation is 2. The summed E-state index contributed by atoms with van der Waals surface area (Å²) in [6.45, 7) is 10.6. The average Bonchev–Trinajstić information content (AvgIpc) is 3.36. The zero-order valence-electron chi connectivity index (χ0n) is 20.5. The molecular formula is C30H36N4. The number of nitrogens with zero attached hydrogens (tertiary/aromatic N) is 4. The Morgan fingerprint density at radius 1 is 0.971 bits per heavy atom. The largest absolute Gasteiger partial charge is 0.369 e. The van der Waals surface area contributed by atoms with Crippen LogP contribution in [0.2, 0.25) is 0 Å². The lowest BCUT2D eigenvalue weighted by Crippen LogP contribution is -2.44. The van der Waals surface area contributed by atoms with Crippen molar-refractivity contribution in [2.45, 2.75) is 38.6 Å². The molecule has 2 aliphatic heterocycles. The molecule has 0 bridgehead atoms. The number of allylic oxidation sites excluding steroid dienone is 1. The molecule has 1 aliphatic carbocycles. The van der Waals surface area contributed by atoms with Gasteiger partial charge in [-0.3, -0.25) is 14.9 Å². The molecule has 2 heterocycles. The second kappa shape index (κ2) is 10.5. The van der Waals surface area contributed by atoms with Gasteiger partial charge in [0, 0.05) is 81.5 Å². The highest BCUT2D eigenvalue weighted by Crippen LogP contribution is 2.27. The lowest BCUT2D eigenvalue weighted by Gasteiger charge is -2.37. The molecule has 176 valence electrons. The van der Waals surface area contributed by atoms with E-state index < -0.39 is 0 Å². The molecule has 0 atom stereocenters. The highest BCUT2D eigenvalue weighted by molar-refractivity contribution is 6.05. The second-order valence-electron chi connectivity index (χ2n) is 9.69. The van der Waals surface area contributed by atoms with Crippen LogP contribution < -0.4 is 0 Å². The van der Waals surface area contributed by atoms with E-state index >= 15 is 0 Å². The van der Waals surface area contributed by atoms with Crippen molar-refractivity contribution in [2.75, 3.05) is 39.8 Å². The summed E-state index contributed by atoms with van der Waals surface area (Å²) in [5.41, 5.74) is 10.7. The van der Waals surface area contributed by atoms with Gasteiger partial charge in [0.15, 0.2) is 0 Å². The zero-order valence-corrected chi connectivity index (χ0v) is 20.5. The predicted molar refractivity (Wildman–Crippen MR) is 144 cm³/mol. The SMILES string of the molecule is C=C(c1ccccc1/C(CC1=CC=NCC1)=N\C)N1CCN(Cc2ccc3c(c2)CCC3)CC1. The minimum Gasteiger partial charge on any atom is -0.369 e. The number of dihydropyridines is 1. The maximum Gasteiger partial charge on any atom is 0.0464 e. The molecule has 1 fully saturated rings. The van der Waals surface area contributed by atoms with Crippen molar-refractivity contribution < 1.29 is 0 Å². The smallest absolute Gasteiger partial charge is 0.0464 e. The van der Waals surface area contributed by atoms with Crippen molar-refractivity contribution >= 4 is 17.6 Å². The van der Waals surface area contributed by atoms with E-state index in [9.17, 15) is 0 Å². The Morgan fingerprint density at radius 3 is 2.53 bits per heavy atom. The van der Waals surface area contributed by atoms with Crippen LogP contribution >= 0.6 is 0 Å². The van der Waals surface area contributed by atoms with E-state index in [1.54, 1.807) is 11.1 Å². The third kappa shape index (κ3) is 5.07.